The van der Waals surface area contributed by atoms with Crippen LogP contribution in [-0.4, -0.2) is 22.6 Å². The van der Waals surface area contributed by atoms with Gasteiger partial charge in [0.1, 0.15) is 6.33 Å². The van der Waals surface area contributed by atoms with Gasteiger partial charge in [-0.2, -0.15) is 0 Å². The Morgan fingerprint density at radius 2 is 1.87 bits per heavy atom. The highest BCUT2D eigenvalue weighted by Crippen LogP contribution is 2.25. The van der Waals surface area contributed by atoms with Gasteiger partial charge >= 0.3 is 0 Å². The van der Waals surface area contributed by atoms with Crippen molar-refractivity contribution in [3.8, 4) is 0 Å². The molecule has 0 saturated heterocycles. The Kier molecular flexibility index (Phi) is 3.54. The van der Waals surface area contributed by atoms with E-state index in [1.807, 2.05) is 12.4 Å². The predicted octanol–water partition coefficient (Wildman–Crippen LogP) is 2.64. The molecule has 0 unspecified atom stereocenters. The highest BCUT2D eigenvalue weighted by Gasteiger charge is 2.20. The summed E-state index contributed by atoms with van der Waals surface area (Å²) in [5, 5.41) is 0. The topological polar surface area (TPSA) is 29.0 Å². The van der Waals surface area contributed by atoms with Crippen molar-refractivity contribution >= 4 is 5.69 Å². The molecule has 0 aromatic carbocycles. The van der Waals surface area contributed by atoms with E-state index in [4.69, 9.17) is 0 Å². The van der Waals surface area contributed by atoms with Gasteiger partial charge in [0.15, 0.2) is 0 Å². The molecular weight excluding hydrogens is 186 g/mol. The first-order chi connectivity index (χ1) is 7.42. The van der Waals surface area contributed by atoms with Crippen molar-refractivity contribution in [1.29, 1.82) is 0 Å². The molecule has 0 atom stereocenters. The van der Waals surface area contributed by atoms with Gasteiger partial charge in [0, 0.05) is 12.6 Å². The summed E-state index contributed by atoms with van der Waals surface area (Å²) in [6.07, 6.45) is 12.2. The first-order valence-electron chi connectivity index (χ1n) is 5.93. The van der Waals surface area contributed by atoms with Crippen molar-refractivity contribution in [2.45, 2.75) is 45.1 Å². The quantitative estimate of drug-likeness (QED) is 0.759. The van der Waals surface area contributed by atoms with Crippen LogP contribution in [0.3, 0.4) is 0 Å². The van der Waals surface area contributed by atoms with E-state index in [1.165, 1.54) is 37.8 Å². The molecule has 15 heavy (non-hydrogen) atoms. The Hall–Kier alpha value is -1.12. The number of nitrogens with zero attached hydrogens (tertiary/aromatic N) is 3. The molecular formula is C12H19N3. The normalized spacial score (nSPS) is 17.7. The van der Waals surface area contributed by atoms with E-state index in [-0.39, 0.29) is 0 Å². The van der Waals surface area contributed by atoms with Crippen molar-refractivity contribution in [3.63, 3.8) is 0 Å². The second-order valence-corrected chi connectivity index (χ2v) is 4.17. The maximum atomic E-state index is 4.10. The SMILES string of the molecule is CCN(c1cncnc1)C1CCCCC1. The Balaban J connectivity index is 2.09. The summed E-state index contributed by atoms with van der Waals surface area (Å²) in [4.78, 5) is 10.6. The minimum atomic E-state index is 0.703. The molecule has 0 spiro atoms. The summed E-state index contributed by atoms with van der Waals surface area (Å²) in [5.41, 5.74) is 1.17. The Labute approximate surface area is 91.5 Å². The smallest absolute Gasteiger partial charge is 0.115 e. The van der Waals surface area contributed by atoms with E-state index in [9.17, 15) is 0 Å². The summed E-state index contributed by atoms with van der Waals surface area (Å²) >= 11 is 0. The molecule has 82 valence electrons. The maximum absolute atomic E-state index is 4.10. The summed E-state index contributed by atoms with van der Waals surface area (Å²) in [5.74, 6) is 0. The second-order valence-electron chi connectivity index (χ2n) is 4.17. The Morgan fingerprint density at radius 1 is 1.20 bits per heavy atom. The van der Waals surface area contributed by atoms with Gasteiger partial charge < -0.3 is 4.90 Å². The van der Waals surface area contributed by atoms with E-state index >= 15 is 0 Å². The maximum Gasteiger partial charge on any atom is 0.115 e. The molecule has 3 heteroatoms. The summed E-state index contributed by atoms with van der Waals surface area (Å²) in [6, 6.07) is 0.703. The minimum absolute atomic E-state index is 0.703. The van der Waals surface area contributed by atoms with Crippen molar-refractivity contribution < 1.29 is 0 Å². The highest BCUT2D eigenvalue weighted by molar-refractivity contribution is 5.42. The van der Waals surface area contributed by atoms with Gasteiger partial charge in [0.25, 0.3) is 0 Å². The molecule has 0 aliphatic heterocycles. The van der Waals surface area contributed by atoms with Gasteiger partial charge in [0.2, 0.25) is 0 Å². The van der Waals surface area contributed by atoms with Crippen LogP contribution < -0.4 is 4.90 Å². The molecule has 0 radical (unpaired) electrons. The molecule has 0 amide bonds. The zero-order valence-electron chi connectivity index (χ0n) is 9.39. The molecule has 2 rings (SSSR count). The fourth-order valence-corrected chi connectivity index (χ4v) is 2.48. The first kappa shape index (κ1) is 10.4. The van der Waals surface area contributed by atoms with Crippen LogP contribution in [0, 0.1) is 0 Å². The molecule has 1 aliphatic rings. The molecule has 1 aromatic rings. The molecule has 3 nitrogen and oxygen atoms in total. The zero-order valence-corrected chi connectivity index (χ0v) is 9.39. The fraction of sp³-hybridized carbons (Fsp3) is 0.667. The van der Waals surface area contributed by atoms with Crippen molar-refractivity contribution in [3.05, 3.63) is 18.7 Å². The highest BCUT2D eigenvalue weighted by atomic mass is 15.2. The lowest BCUT2D eigenvalue weighted by Crippen LogP contribution is -2.36. The number of hydrogen-bond donors (Lipinski definition) is 0. The molecule has 0 N–H and O–H groups in total. The van der Waals surface area contributed by atoms with Crippen LogP contribution in [0.5, 0.6) is 0 Å². The van der Waals surface area contributed by atoms with Crippen molar-refractivity contribution in [2.75, 3.05) is 11.4 Å². The summed E-state index contributed by atoms with van der Waals surface area (Å²) in [6.45, 7) is 3.26. The van der Waals surface area contributed by atoms with Gasteiger partial charge in [0.05, 0.1) is 18.1 Å². The molecule has 1 fully saturated rings. The lowest BCUT2D eigenvalue weighted by molar-refractivity contribution is 0.418. The number of aromatic nitrogens is 2. The lowest BCUT2D eigenvalue weighted by Gasteiger charge is -2.34. The van der Waals surface area contributed by atoms with E-state index < -0.39 is 0 Å². The van der Waals surface area contributed by atoms with Gasteiger partial charge in [-0.05, 0) is 19.8 Å². The standard InChI is InChI=1S/C12H19N3/c1-2-15(11-6-4-3-5-7-11)12-8-13-10-14-9-12/h8-11H,2-7H2,1H3. The van der Waals surface area contributed by atoms with Crippen LogP contribution in [-0.2, 0) is 0 Å². The van der Waals surface area contributed by atoms with Gasteiger partial charge in [-0.1, -0.05) is 19.3 Å². The van der Waals surface area contributed by atoms with Crippen LogP contribution in [0.15, 0.2) is 18.7 Å². The van der Waals surface area contributed by atoms with Crippen molar-refractivity contribution in [2.24, 2.45) is 0 Å². The van der Waals surface area contributed by atoms with Crippen LogP contribution in [0.25, 0.3) is 0 Å². The summed E-state index contributed by atoms with van der Waals surface area (Å²) < 4.78 is 0. The van der Waals surface area contributed by atoms with Crippen LogP contribution in [0.4, 0.5) is 5.69 Å². The van der Waals surface area contributed by atoms with E-state index in [1.54, 1.807) is 6.33 Å². The van der Waals surface area contributed by atoms with Gasteiger partial charge in [-0.25, -0.2) is 9.97 Å². The van der Waals surface area contributed by atoms with E-state index in [0.717, 1.165) is 6.54 Å². The molecule has 1 aromatic heterocycles. The second kappa shape index (κ2) is 5.10. The molecule has 0 bridgehead atoms. The third-order valence-corrected chi connectivity index (χ3v) is 3.23. The third-order valence-electron chi connectivity index (χ3n) is 3.23. The first-order valence-corrected chi connectivity index (χ1v) is 5.93. The third kappa shape index (κ3) is 2.46. The Bertz CT molecular complexity index is 280. The molecule has 1 saturated carbocycles. The monoisotopic (exact) mass is 205 g/mol. The zero-order chi connectivity index (χ0) is 10.5. The predicted molar refractivity (Wildman–Crippen MR) is 61.9 cm³/mol. The minimum Gasteiger partial charge on any atom is -0.366 e. The fourth-order valence-electron chi connectivity index (χ4n) is 2.48. The van der Waals surface area contributed by atoms with Gasteiger partial charge in [-0.15, -0.1) is 0 Å². The average molecular weight is 205 g/mol. The number of rotatable bonds is 3. The number of hydrogen-bond acceptors (Lipinski definition) is 3. The summed E-state index contributed by atoms with van der Waals surface area (Å²) in [7, 11) is 0. The molecule has 1 aliphatic carbocycles. The van der Waals surface area contributed by atoms with Crippen LogP contribution in [0.2, 0.25) is 0 Å². The number of anilines is 1. The lowest BCUT2D eigenvalue weighted by atomic mass is 9.94. The van der Waals surface area contributed by atoms with E-state index in [2.05, 4.69) is 21.8 Å². The van der Waals surface area contributed by atoms with Crippen molar-refractivity contribution in [1.82, 2.24) is 9.97 Å². The van der Waals surface area contributed by atoms with E-state index in [0.29, 0.717) is 6.04 Å². The molecule has 1 heterocycles. The van der Waals surface area contributed by atoms with Gasteiger partial charge in [-0.3, -0.25) is 0 Å². The van der Waals surface area contributed by atoms with Crippen LogP contribution in [0.1, 0.15) is 39.0 Å². The largest absolute Gasteiger partial charge is 0.366 e. The Morgan fingerprint density at radius 3 is 2.47 bits per heavy atom. The average Bonchev–Trinajstić information content (AvgIpc) is 2.33. The van der Waals surface area contributed by atoms with Crippen LogP contribution >= 0.6 is 0 Å².